The fraction of sp³-hybridized carbons (Fsp3) is 0.125. The van der Waals surface area contributed by atoms with E-state index in [0.717, 1.165) is 9.37 Å². The molecule has 1 aliphatic rings. The second-order valence-electron chi connectivity index (χ2n) is 5.35. The number of imide groups is 1. The van der Waals surface area contributed by atoms with Crippen LogP contribution < -0.4 is 0 Å². The van der Waals surface area contributed by atoms with Crippen LogP contribution >= 0.6 is 39.1 Å². The van der Waals surface area contributed by atoms with Crippen LogP contribution in [0.2, 0.25) is 10.0 Å². The van der Waals surface area contributed by atoms with Gasteiger partial charge in [0.15, 0.2) is 9.84 Å². The molecule has 9 heteroatoms. The standard InChI is InChI=1S/C16H10BrCl2NO4S/c17-9-1-3-10(4-2-9)25(23,24)6-5-20-15(21)11-7-13(18)14(19)8-12(11)16(20)22/h1-4,7-8H,5-6H2. The Kier molecular flexibility index (Phi) is 4.94. The maximum absolute atomic E-state index is 12.4. The molecule has 2 aromatic rings. The highest BCUT2D eigenvalue weighted by Gasteiger charge is 2.36. The summed E-state index contributed by atoms with van der Waals surface area (Å²) in [5.74, 6) is -1.53. The van der Waals surface area contributed by atoms with Gasteiger partial charge in [-0.1, -0.05) is 39.1 Å². The van der Waals surface area contributed by atoms with Crippen molar-refractivity contribution in [1.29, 1.82) is 0 Å². The van der Waals surface area contributed by atoms with E-state index < -0.39 is 21.7 Å². The SMILES string of the molecule is O=C1c2cc(Cl)c(Cl)cc2C(=O)N1CCS(=O)(=O)c1ccc(Br)cc1. The van der Waals surface area contributed by atoms with Crippen LogP contribution in [0.4, 0.5) is 0 Å². The van der Waals surface area contributed by atoms with Crippen molar-refractivity contribution < 1.29 is 18.0 Å². The Bertz CT molecular complexity index is 949. The molecule has 0 aliphatic carbocycles. The molecular weight excluding hydrogens is 453 g/mol. The smallest absolute Gasteiger partial charge is 0.261 e. The molecule has 0 bridgehead atoms. The third kappa shape index (κ3) is 3.46. The number of hydrogen-bond donors (Lipinski definition) is 0. The topological polar surface area (TPSA) is 71.5 Å². The van der Waals surface area contributed by atoms with Crippen molar-refractivity contribution in [3.8, 4) is 0 Å². The number of carbonyl (C=O) groups excluding carboxylic acids is 2. The number of amides is 2. The van der Waals surface area contributed by atoms with Crippen LogP contribution in [0.5, 0.6) is 0 Å². The molecule has 5 nitrogen and oxygen atoms in total. The molecule has 0 radical (unpaired) electrons. The van der Waals surface area contributed by atoms with Gasteiger partial charge in [0.1, 0.15) is 0 Å². The molecule has 0 fully saturated rings. The first kappa shape index (κ1) is 18.4. The summed E-state index contributed by atoms with van der Waals surface area (Å²) in [5, 5.41) is 0.316. The maximum Gasteiger partial charge on any atom is 0.261 e. The van der Waals surface area contributed by atoms with Crippen LogP contribution in [-0.2, 0) is 9.84 Å². The fourth-order valence-corrected chi connectivity index (χ4v) is 4.26. The monoisotopic (exact) mass is 461 g/mol. The Balaban J connectivity index is 1.81. The number of halogens is 3. The lowest BCUT2D eigenvalue weighted by molar-refractivity contribution is 0.0664. The normalized spacial score (nSPS) is 14.1. The molecule has 0 spiro atoms. The Morgan fingerprint density at radius 3 is 1.88 bits per heavy atom. The third-order valence-electron chi connectivity index (χ3n) is 3.77. The summed E-state index contributed by atoms with van der Waals surface area (Å²) in [7, 11) is -3.63. The number of carbonyl (C=O) groups is 2. The van der Waals surface area contributed by atoms with Crippen molar-refractivity contribution in [2.24, 2.45) is 0 Å². The van der Waals surface area contributed by atoms with E-state index in [1.807, 2.05) is 0 Å². The van der Waals surface area contributed by atoms with Gasteiger partial charge in [0.25, 0.3) is 11.8 Å². The quantitative estimate of drug-likeness (QED) is 0.647. The number of fused-ring (bicyclic) bond motifs is 1. The number of nitrogens with zero attached hydrogens (tertiary/aromatic N) is 1. The number of benzene rings is 2. The molecule has 130 valence electrons. The number of sulfone groups is 1. The van der Waals surface area contributed by atoms with Gasteiger partial charge in [0.2, 0.25) is 0 Å². The zero-order valence-electron chi connectivity index (χ0n) is 12.5. The molecule has 0 unspecified atom stereocenters. The minimum atomic E-state index is -3.63. The zero-order chi connectivity index (χ0) is 18.4. The van der Waals surface area contributed by atoms with E-state index in [1.165, 1.54) is 24.3 Å². The molecule has 3 rings (SSSR count). The molecule has 1 heterocycles. The van der Waals surface area contributed by atoms with Gasteiger partial charge in [-0.15, -0.1) is 0 Å². The lowest BCUT2D eigenvalue weighted by Crippen LogP contribution is -2.34. The van der Waals surface area contributed by atoms with Crippen LogP contribution in [0.25, 0.3) is 0 Å². The van der Waals surface area contributed by atoms with Crippen LogP contribution in [0.3, 0.4) is 0 Å². The highest BCUT2D eigenvalue weighted by molar-refractivity contribution is 9.10. The molecule has 0 aromatic heterocycles. The minimum Gasteiger partial charge on any atom is -0.273 e. The Morgan fingerprint density at radius 1 is 0.920 bits per heavy atom. The summed E-state index contributed by atoms with van der Waals surface area (Å²) in [6.45, 7) is -0.250. The molecule has 0 atom stereocenters. The molecule has 0 saturated carbocycles. The Morgan fingerprint density at radius 2 is 1.40 bits per heavy atom. The second-order valence-corrected chi connectivity index (χ2v) is 9.19. The molecular formula is C16H10BrCl2NO4S. The molecule has 0 N–H and O–H groups in total. The van der Waals surface area contributed by atoms with Gasteiger partial charge in [-0.2, -0.15) is 0 Å². The largest absolute Gasteiger partial charge is 0.273 e. The first-order chi connectivity index (χ1) is 11.7. The van der Waals surface area contributed by atoms with Crippen molar-refractivity contribution in [3.05, 3.63) is 62.0 Å². The van der Waals surface area contributed by atoms with Gasteiger partial charge in [0.05, 0.1) is 31.8 Å². The lowest BCUT2D eigenvalue weighted by atomic mass is 10.1. The van der Waals surface area contributed by atoms with Gasteiger partial charge in [-0.25, -0.2) is 8.42 Å². The summed E-state index contributed by atoms with van der Waals surface area (Å²) in [4.78, 5) is 25.8. The average Bonchev–Trinajstić information content (AvgIpc) is 2.78. The molecule has 1 aliphatic heterocycles. The summed E-state index contributed by atoms with van der Waals surface area (Å²) in [6, 6.07) is 8.78. The van der Waals surface area contributed by atoms with E-state index in [1.54, 1.807) is 12.1 Å². The summed E-state index contributed by atoms with van der Waals surface area (Å²) in [5.41, 5.74) is 0.251. The van der Waals surface area contributed by atoms with Crippen molar-refractivity contribution in [3.63, 3.8) is 0 Å². The number of rotatable bonds is 4. The zero-order valence-corrected chi connectivity index (χ0v) is 16.4. The van der Waals surface area contributed by atoms with E-state index in [9.17, 15) is 18.0 Å². The van der Waals surface area contributed by atoms with E-state index in [-0.39, 0.29) is 38.4 Å². The van der Waals surface area contributed by atoms with Crippen molar-refractivity contribution >= 4 is 60.8 Å². The summed E-state index contributed by atoms with van der Waals surface area (Å²) in [6.07, 6.45) is 0. The Hall–Kier alpha value is -1.41. The van der Waals surface area contributed by atoms with Gasteiger partial charge < -0.3 is 0 Å². The van der Waals surface area contributed by atoms with Gasteiger partial charge in [-0.05, 0) is 36.4 Å². The summed E-state index contributed by atoms with van der Waals surface area (Å²) < 4.78 is 25.5. The molecule has 0 saturated heterocycles. The van der Waals surface area contributed by atoms with Crippen molar-refractivity contribution in [2.45, 2.75) is 4.90 Å². The second kappa shape index (κ2) is 6.72. The molecule has 25 heavy (non-hydrogen) atoms. The van der Waals surface area contributed by atoms with E-state index in [4.69, 9.17) is 23.2 Å². The van der Waals surface area contributed by atoms with Crippen LogP contribution in [0, 0.1) is 0 Å². The van der Waals surface area contributed by atoms with Crippen molar-refractivity contribution in [2.75, 3.05) is 12.3 Å². The van der Waals surface area contributed by atoms with Gasteiger partial charge in [-0.3, -0.25) is 14.5 Å². The first-order valence-corrected chi connectivity index (χ1v) is 10.2. The number of hydrogen-bond acceptors (Lipinski definition) is 4. The van der Waals surface area contributed by atoms with Crippen LogP contribution in [0.15, 0.2) is 45.8 Å². The predicted octanol–water partition coefficient (Wildman–Crippen LogP) is 3.83. The minimum absolute atomic E-state index is 0.124. The Labute approximate surface area is 162 Å². The lowest BCUT2D eigenvalue weighted by Gasteiger charge is -2.13. The van der Waals surface area contributed by atoms with Crippen LogP contribution in [0.1, 0.15) is 20.7 Å². The first-order valence-electron chi connectivity index (χ1n) is 7.04. The van der Waals surface area contributed by atoms with Crippen LogP contribution in [-0.4, -0.2) is 37.4 Å². The van der Waals surface area contributed by atoms with E-state index in [0.29, 0.717) is 0 Å². The summed E-state index contributed by atoms with van der Waals surface area (Å²) >= 11 is 15.0. The molecule has 2 aromatic carbocycles. The van der Waals surface area contributed by atoms with Crippen molar-refractivity contribution in [1.82, 2.24) is 4.90 Å². The highest BCUT2D eigenvalue weighted by Crippen LogP contribution is 2.31. The third-order valence-corrected chi connectivity index (χ3v) is 6.73. The van der Waals surface area contributed by atoms with E-state index in [2.05, 4.69) is 15.9 Å². The van der Waals surface area contributed by atoms with Gasteiger partial charge >= 0.3 is 0 Å². The van der Waals surface area contributed by atoms with E-state index >= 15 is 0 Å². The maximum atomic E-state index is 12.4. The fourth-order valence-electron chi connectivity index (χ4n) is 2.46. The predicted molar refractivity (Wildman–Crippen MR) is 98.0 cm³/mol. The van der Waals surface area contributed by atoms with Gasteiger partial charge in [0, 0.05) is 11.0 Å². The molecule has 2 amide bonds. The highest BCUT2D eigenvalue weighted by atomic mass is 79.9. The average molecular weight is 463 g/mol.